The Bertz CT molecular complexity index is 495. The maximum Gasteiger partial charge on any atom is 0.331 e. The van der Waals surface area contributed by atoms with Gasteiger partial charge in [-0.25, -0.2) is 9.59 Å². The first kappa shape index (κ1) is 24.1. The number of nitrogens with two attached hydrogens (primary N) is 4. The van der Waals surface area contributed by atoms with Crippen LogP contribution in [0.1, 0.15) is 45.4 Å². The zero-order valence-corrected chi connectivity index (χ0v) is 15.1. The van der Waals surface area contributed by atoms with E-state index in [1.165, 1.54) is 0 Å². The van der Waals surface area contributed by atoms with Crippen molar-refractivity contribution >= 4 is 23.5 Å². The molecule has 0 aromatic heterocycles. The molecule has 0 radical (unpaired) electrons. The van der Waals surface area contributed by atoms with Crippen LogP contribution in [0.15, 0.2) is 0 Å². The van der Waals surface area contributed by atoms with Crippen LogP contribution in [0.2, 0.25) is 0 Å². The Hall–Kier alpha value is -1.88. The first-order valence-corrected chi connectivity index (χ1v) is 8.52. The summed E-state index contributed by atoms with van der Waals surface area (Å²) in [6.45, 7) is 1.72. The van der Waals surface area contributed by atoms with E-state index in [4.69, 9.17) is 22.9 Å². The smallest absolute Gasteiger partial charge is 0.331 e. The van der Waals surface area contributed by atoms with E-state index in [1.807, 2.05) is 0 Å². The third kappa shape index (κ3) is 5.56. The molecule has 2 atom stereocenters. The van der Waals surface area contributed by atoms with Gasteiger partial charge in [0.15, 0.2) is 22.6 Å². The molecule has 0 heterocycles. The number of unbranched alkanes of at least 4 members (excludes halogenated alkanes) is 2. The van der Waals surface area contributed by atoms with Crippen LogP contribution in [0.25, 0.3) is 0 Å². The molecule has 0 aromatic carbocycles. The zero-order chi connectivity index (χ0) is 20.5. The number of carboxylic acids is 2. The van der Waals surface area contributed by atoms with Crippen molar-refractivity contribution in [1.29, 1.82) is 0 Å². The number of Topliss-reactive ketones (excluding diaryl/α,β-unsaturated/α-hetero) is 2. The zero-order valence-electron chi connectivity index (χ0n) is 15.1. The second-order valence-electron chi connectivity index (χ2n) is 6.49. The average molecular weight is 374 g/mol. The Labute approximate surface area is 152 Å². The van der Waals surface area contributed by atoms with Gasteiger partial charge < -0.3 is 33.1 Å². The van der Waals surface area contributed by atoms with E-state index in [0.717, 1.165) is 6.92 Å². The predicted molar refractivity (Wildman–Crippen MR) is 94.1 cm³/mol. The molecule has 0 fully saturated rings. The molecule has 10 nitrogen and oxygen atoms in total. The molecule has 10 heteroatoms. The monoisotopic (exact) mass is 374 g/mol. The molecule has 0 aliphatic rings. The minimum absolute atomic E-state index is 0.214. The number of hydrogen-bond acceptors (Lipinski definition) is 8. The summed E-state index contributed by atoms with van der Waals surface area (Å²) in [6, 6.07) is 0. The van der Waals surface area contributed by atoms with Crippen molar-refractivity contribution in [2.24, 2.45) is 28.9 Å². The van der Waals surface area contributed by atoms with Crippen LogP contribution in [0.3, 0.4) is 0 Å². The topological polar surface area (TPSA) is 213 Å². The van der Waals surface area contributed by atoms with Crippen LogP contribution < -0.4 is 22.9 Å². The molecular weight excluding hydrogens is 344 g/mol. The minimum atomic E-state index is -2.30. The minimum Gasteiger partial charge on any atom is -0.480 e. The molecule has 0 spiro atoms. The van der Waals surface area contributed by atoms with Crippen molar-refractivity contribution < 1.29 is 29.4 Å². The number of carbonyl (C=O) groups excluding carboxylic acids is 2. The molecular formula is C16H30N4O6. The van der Waals surface area contributed by atoms with Gasteiger partial charge in [0.05, 0.1) is 5.92 Å². The molecule has 10 N–H and O–H groups in total. The van der Waals surface area contributed by atoms with E-state index in [9.17, 15) is 29.4 Å². The number of carbonyl (C=O) groups is 4. The maximum atomic E-state index is 12.6. The molecule has 150 valence electrons. The van der Waals surface area contributed by atoms with Crippen molar-refractivity contribution in [3.05, 3.63) is 0 Å². The molecule has 0 saturated carbocycles. The van der Waals surface area contributed by atoms with Gasteiger partial charge in [0.2, 0.25) is 0 Å². The fourth-order valence-corrected chi connectivity index (χ4v) is 2.66. The third-order valence-corrected chi connectivity index (χ3v) is 4.48. The molecule has 0 aliphatic carbocycles. The highest BCUT2D eigenvalue weighted by Crippen LogP contribution is 2.24. The highest BCUT2D eigenvalue weighted by atomic mass is 16.4. The fourth-order valence-electron chi connectivity index (χ4n) is 2.66. The maximum absolute atomic E-state index is 12.6. The second-order valence-corrected chi connectivity index (χ2v) is 6.49. The van der Waals surface area contributed by atoms with Crippen LogP contribution in [-0.2, 0) is 19.2 Å². The summed E-state index contributed by atoms with van der Waals surface area (Å²) in [7, 11) is 0. The third-order valence-electron chi connectivity index (χ3n) is 4.48. The van der Waals surface area contributed by atoms with Crippen molar-refractivity contribution in [3.8, 4) is 0 Å². The van der Waals surface area contributed by atoms with Gasteiger partial charge in [0.1, 0.15) is 0 Å². The van der Waals surface area contributed by atoms with E-state index < -0.39 is 40.5 Å². The first-order chi connectivity index (χ1) is 12.0. The number of rotatable bonds is 14. The predicted octanol–water partition coefficient (Wildman–Crippen LogP) is -1.42. The SMILES string of the molecule is CC(C(=O)C(N)(CCCCN)C(=O)O)C(=O)C(N)(CCCCN)C(=O)O. The number of ketones is 2. The Morgan fingerprint density at radius 2 is 1.08 bits per heavy atom. The molecule has 26 heavy (non-hydrogen) atoms. The Kier molecular flexibility index (Phi) is 9.57. The fraction of sp³-hybridized carbons (Fsp3) is 0.750. The summed E-state index contributed by atoms with van der Waals surface area (Å²) in [6.07, 6.45) is 1.03. The Morgan fingerprint density at radius 1 is 0.769 bits per heavy atom. The van der Waals surface area contributed by atoms with Crippen LogP contribution in [0.5, 0.6) is 0 Å². The lowest BCUT2D eigenvalue weighted by Gasteiger charge is -2.30. The highest BCUT2D eigenvalue weighted by Gasteiger charge is 2.51. The lowest BCUT2D eigenvalue weighted by molar-refractivity contribution is -0.153. The summed E-state index contributed by atoms with van der Waals surface area (Å²) in [5.41, 5.74) is 17.6. The van der Waals surface area contributed by atoms with Gasteiger partial charge in [-0.1, -0.05) is 0 Å². The van der Waals surface area contributed by atoms with Crippen LogP contribution in [0.4, 0.5) is 0 Å². The number of carboxylic acid groups (broad SMARTS) is 2. The average Bonchev–Trinajstić information content (AvgIpc) is 2.59. The van der Waals surface area contributed by atoms with Crippen LogP contribution in [0, 0.1) is 5.92 Å². The largest absolute Gasteiger partial charge is 0.480 e. The Balaban J connectivity index is 5.50. The van der Waals surface area contributed by atoms with Gasteiger partial charge in [-0.05, 0) is 58.5 Å². The standard InChI is InChI=1S/C16H30N4O6/c1-10(11(21)15(19,13(23)24)6-2-4-8-17)12(22)16(20,14(25)26)7-3-5-9-18/h10H,2-9,17-20H2,1H3,(H,23,24)(H,25,26). The summed E-state index contributed by atoms with van der Waals surface area (Å²) < 4.78 is 0. The molecule has 0 rings (SSSR count). The van der Waals surface area contributed by atoms with Crippen molar-refractivity contribution in [2.75, 3.05) is 13.1 Å². The van der Waals surface area contributed by atoms with E-state index in [0.29, 0.717) is 25.9 Å². The van der Waals surface area contributed by atoms with E-state index in [-0.39, 0.29) is 25.7 Å². The quantitative estimate of drug-likeness (QED) is 0.154. The van der Waals surface area contributed by atoms with E-state index >= 15 is 0 Å². The van der Waals surface area contributed by atoms with Crippen molar-refractivity contribution in [2.45, 2.75) is 56.5 Å². The first-order valence-electron chi connectivity index (χ1n) is 8.52. The number of hydrogen-bond donors (Lipinski definition) is 6. The van der Waals surface area contributed by atoms with E-state index in [1.54, 1.807) is 0 Å². The molecule has 0 amide bonds. The van der Waals surface area contributed by atoms with Gasteiger partial charge in [0.25, 0.3) is 0 Å². The van der Waals surface area contributed by atoms with Crippen LogP contribution >= 0.6 is 0 Å². The van der Waals surface area contributed by atoms with Crippen LogP contribution in [-0.4, -0.2) is 57.9 Å². The van der Waals surface area contributed by atoms with Crippen molar-refractivity contribution in [1.82, 2.24) is 0 Å². The van der Waals surface area contributed by atoms with Crippen molar-refractivity contribution in [3.63, 3.8) is 0 Å². The lowest BCUT2D eigenvalue weighted by Crippen LogP contribution is -2.63. The molecule has 0 aromatic rings. The second kappa shape index (κ2) is 10.3. The summed E-state index contributed by atoms with van der Waals surface area (Å²) in [5, 5.41) is 18.7. The summed E-state index contributed by atoms with van der Waals surface area (Å²) in [5.74, 6) is -6.88. The Morgan fingerprint density at radius 3 is 1.31 bits per heavy atom. The van der Waals surface area contributed by atoms with Gasteiger partial charge in [-0.15, -0.1) is 0 Å². The molecule has 0 bridgehead atoms. The van der Waals surface area contributed by atoms with Gasteiger partial charge in [-0.3, -0.25) is 9.59 Å². The molecule has 0 aliphatic heterocycles. The number of aliphatic carboxylic acids is 2. The van der Waals surface area contributed by atoms with Gasteiger partial charge in [-0.2, -0.15) is 0 Å². The molecule has 2 unspecified atom stereocenters. The van der Waals surface area contributed by atoms with Gasteiger partial charge >= 0.3 is 11.9 Å². The normalized spacial score (nSPS) is 17.0. The van der Waals surface area contributed by atoms with Gasteiger partial charge in [0, 0.05) is 0 Å². The highest BCUT2D eigenvalue weighted by molar-refractivity contribution is 6.21. The summed E-state index contributed by atoms with van der Waals surface area (Å²) in [4.78, 5) is 48.3. The van der Waals surface area contributed by atoms with E-state index in [2.05, 4.69) is 0 Å². The lowest BCUT2D eigenvalue weighted by atomic mass is 9.75. The summed E-state index contributed by atoms with van der Waals surface area (Å²) >= 11 is 0. The molecule has 0 saturated heterocycles.